The van der Waals surface area contributed by atoms with Crippen LogP contribution in [0.3, 0.4) is 0 Å². The molecule has 3 aliphatic rings. The van der Waals surface area contributed by atoms with Crippen LogP contribution >= 0.6 is 0 Å². The van der Waals surface area contributed by atoms with Crippen molar-refractivity contribution in [3.63, 3.8) is 0 Å². The van der Waals surface area contributed by atoms with Gasteiger partial charge in [-0.05, 0) is 51.4 Å². The van der Waals surface area contributed by atoms with Crippen molar-refractivity contribution in [3.05, 3.63) is 36.5 Å². The minimum atomic E-state index is -3.08. The molecular formula is C82H150N2O21. The zero-order chi connectivity index (χ0) is 76.7. The van der Waals surface area contributed by atoms with Crippen LogP contribution in [-0.2, 0) is 42.8 Å². The first kappa shape index (κ1) is 96.2. The SMILES string of the molecule is CCCCCCCCCCCC/C=C/C(O)C(COC1OC(CO)C(OC2OC(CO)C(O)C(OC3(C(=O)O)CC(O)C(NC(C)=O)C(C(O)C(O)CO)O3)C2O)C(O)C1O)NC(=O)CCCCCCCCCCCCCCCCCCC/C=C\C/C=C\CCCCCCCCCCCCCCCCC. The van der Waals surface area contributed by atoms with Gasteiger partial charge >= 0.3 is 5.97 Å². The lowest BCUT2D eigenvalue weighted by Crippen LogP contribution is -2.70. The van der Waals surface area contributed by atoms with E-state index >= 15 is 0 Å². The van der Waals surface area contributed by atoms with E-state index in [-0.39, 0.29) is 12.3 Å². The predicted octanol–water partition coefficient (Wildman–Crippen LogP) is 11.7. The van der Waals surface area contributed by atoms with Gasteiger partial charge in [-0.1, -0.05) is 294 Å². The molecule has 3 rings (SSSR count). The number of carbonyl (C=O) groups is 3. The van der Waals surface area contributed by atoms with E-state index in [4.69, 9.17) is 28.4 Å². The molecule has 105 heavy (non-hydrogen) atoms. The molecule has 0 aromatic rings. The summed E-state index contributed by atoms with van der Waals surface area (Å²) < 4.78 is 34.8. The van der Waals surface area contributed by atoms with Crippen LogP contribution in [0.1, 0.15) is 329 Å². The number of carboxylic acids is 1. The Morgan fingerprint density at radius 2 is 0.924 bits per heavy atom. The highest BCUT2D eigenvalue weighted by Gasteiger charge is 2.60. The van der Waals surface area contributed by atoms with Gasteiger partial charge in [0.1, 0.15) is 67.1 Å². The largest absolute Gasteiger partial charge is 0.477 e. The maximum Gasteiger partial charge on any atom is 0.364 e. The number of aliphatic hydroxyl groups is 11. The first-order valence-electron chi connectivity index (χ1n) is 41.9. The van der Waals surface area contributed by atoms with E-state index in [2.05, 4.69) is 48.8 Å². The summed E-state index contributed by atoms with van der Waals surface area (Å²) in [6.07, 6.45) is 40.9. The van der Waals surface area contributed by atoms with Crippen molar-refractivity contribution in [2.75, 3.05) is 26.4 Å². The van der Waals surface area contributed by atoms with Gasteiger partial charge in [0.2, 0.25) is 11.8 Å². The molecule has 0 aromatic heterocycles. The average molecular weight is 1500 g/mol. The molecule has 0 spiro atoms. The number of carbonyl (C=O) groups excluding carboxylic acids is 2. The number of hydrogen-bond donors (Lipinski definition) is 14. The standard InChI is InChI=1S/C82H150N2O21/c1-4-6-8-10-12-14-16-18-19-20-21-22-23-24-25-26-27-28-29-30-31-32-33-34-35-36-37-38-39-40-41-42-43-44-46-48-50-52-54-56-69(92)84-63(64(89)55-53-51-49-47-45-17-15-13-11-9-7-5-2)61-100-79-74(96)73(95)76(68(60-87)102-79)103-80-75(97)78(72(94)67(59-86)101-80)105-82(81(98)99)57-65(90)70(83-62(3)88)77(104-82)71(93)66(91)58-85/h27-28,30-31,53,55,63-68,70-80,85-87,89-91,93-97H,4-26,29,32-52,54,56-61H2,1-3H3,(H,83,88)(H,84,92)(H,98,99)/b28-27-,31-30-,55-53+. The molecule has 3 fully saturated rings. The summed E-state index contributed by atoms with van der Waals surface area (Å²) >= 11 is 0. The van der Waals surface area contributed by atoms with Crippen LogP contribution in [0.25, 0.3) is 0 Å². The summed E-state index contributed by atoms with van der Waals surface area (Å²) in [5.74, 6) is -6.14. The van der Waals surface area contributed by atoms with Gasteiger partial charge in [-0.15, -0.1) is 0 Å². The number of carboxylic acid groups (broad SMARTS) is 1. The second-order valence-electron chi connectivity index (χ2n) is 30.3. The van der Waals surface area contributed by atoms with Crippen molar-refractivity contribution in [1.29, 1.82) is 0 Å². The summed E-state index contributed by atoms with van der Waals surface area (Å²) in [6, 6.07) is -2.62. The Bertz CT molecular complexity index is 2230. The zero-order valence-electron chi connectivity index (χ0n) is 65.1. The minimum absolute atomic E-state index is 0.201. The lowest BCUT2D eigenvalue weighted by atomic mass is 9.88. The Labute approximate surface area is 631 Å². The van der Waals surface area contributed by atoms with Crippen molar-refractivity contribution in [2.45, 2.75) is 439 Å². The average Bonchev–Trinajstić information content (AvgIpc) is 0.755. The van der Waals surface area contributed by atoms with Gasteiger partial charge in [0.25, 0.3) is 5.79 Å². The number of amides is 2. The first-order chi connectivity index (χ1) is 50.9. The van der Waals surface area contributed by atoms with Crippen molar-refractivity contribution >= 4 is 17.8 Å². The fourth-order valence-corrected chi connectivity index (χ4v) is 14.4. The fraction of sp³-hybridized carbons (Fsp3) is 0.890. The normalized spacial score (nSPS) is 26.4. The molecule has 18 atom stereocenters. The van der Waals surface area contributed by atoms with E-state index in [9.17, 15) is 75.7 Å². The number of allylic oxidation sites excluding steroid dienone is 5. The van der Waals surface area contributed by atoms with Gasteiger partial charge < -0.3 is 100 Å². The molecule has 23 nitrogen and oxygen atoms in total. The van der Waals surface area contributed by atoms with Crippen LogP contribution < -0.4 is 10.6 Å². The first-order valence-corrected chi connectivity index (χ1v) is 41.9. The van der Waals surface area contributed by atoms with E-state index in [1.165, 1.54) is 231 Å². The predicted molar refractivity (Wildman–Crippen MR) is 407 cm³/mol. The molecule has 23 heteroatoms. The number of rotatable bonds is 66. The van der Waals surface area contributed by atoms with Gasteiger partial charge in [0.15, 0.2) is 12.6 Å². The molecule has 0 saturated carbocycles. The molecule has 18 unspecified atom stereocenters. The smallest absolute Gasteiger partial charge is 0.364 e. The third kappa shape index (κ3) is 40.6. The van der Waals surface area contributed by atoms with Gasteiger partial charge in [0, 0.05) is 19.8 Å². The molecule has 0 aliphatic carbocycles. The summed E-state index contributed by atoms with van der Waals surface area (Å²) in [5.41, 5.74) is 0. The summed E-state index contributed by atoms with van der Waals surface area (Å²) in [4.78, 5) is 38.6. The molecule has 614 valence electrons. The Balaban J connectivity index is 1.39. The van der Waals surface area contributed by atoms with Gasteiger partial charge in [0.05, 0.1) is 50.7 Å². The second-order valence-corrected chi connectivity index (χ2v) is 30.3. The Morgan fingerprint density at radius 3 is 1.34 bits per heavy atom. The van der Waals surface area contributed by atoms with Gasteiger partial charge in [-0.2, -0.15) is 0 Å². The molecule has 0 radical (unpaired) electrons. The Morgan fingerprint density at radius 1 is 0.505 bits per heavy atom. The molecule has 2 amide bonds. The molecule has 3 saturated heterocycles. The monoisotopic (exact) mass is 1500 g/mol. The quantitative estimate of drug-likeness (QED) is 0.0199. The van der Waals surface area contributed by atoms with Crippen LogP contribution in [-0.4, -0.2) is 215 Å². The van der Waals surface area contributed by atoms with Gasteiger partial charge in [-0.3, -0.25) is 9.59 Å². The number of aliphatic carboxylic acids is 1. The highest BCUT2D eigenvalue weighted by atomic mass is 16.8. The third-order valence-electron chi connectivity index (χ3n) is 21.1. The number of hydrogen-bond acceptors (Lipinski definition) is 20. The summed E-state index contributed by atoms with van der Waals surface area (Å²) in [5, 5.41) is 136. The van der Waals surface area contributed by atoms with E-state index < -0.39 is 155 Å². The van der Waals surface area contributed by atoms with Crippen molar-refractivity contribution in [1.82, 2.24) is 10.6 Å². The fourth-order valence-electron chi connectivity index (χ4n) is 14.4. The molecule has 3 aliphatic heterocycles. The third-order valence-corrected chi connectivity index (χ3v) is 21.1. The minimum Gasteiger partial charge on any atom is -0.477 e. The van der Waals surface area contributed by atoms with Crippen molar-refractivity contribution in [2.24, 2.45) is 0 Å². The molecular weight excluding hydrogens is 1350 g/mol. The Kier molecular flexibility index (Phi) is 55.5. The maximum atomic E-state index is 13.5. The van der Waals surface area contributed by atoms with E-state index in [0.717, 1.165) is 58.3 Å². The summed E-state index contributed by atoms with van der Waals surface area (Å²) in [6.45, 7) is 2.15. The van der Waals surface area contributed by atoms with E-state index in [1.54, 1.807) is 6.08 Å². The Hall–Kier alpha value is -3.05. The van der Waals surface area contributed by atoms with Gasteiger partial charge in [-0.25, -0.2) is 4.79 Å². The van der Waals surface area contributed by atoms with Crippen LogP contribution in [0.15, 0.2) is 36.5 Å². The highest BCUT2D eigenvalue weighted by Crippen LogP contribution is 2.39. The molecule has 0 bridgehead atoms. The van der Waals surface area contributed by atoms with Crippen molar-refractivity contribution < 1.29 is 104 Å². The van der Waals surface area contributed by atoms with Crippen LogP contribution in [0.5, 0.6) is 0 Å². The second kappa shape index (κ2) is 60.6. The molecule has 3 heterocycles. The molecule has 14 N–H and O–H groups in total. The number of nitrogens with one attached hydrogen (secondary N) is 2. The zero-order valence-corrected chi connectivity index (χ0v) is 65.1. The van der Waals surface area contributed by atoms with E-state index in [0.29, 0.717) is 12.8 Å². The van der Waals surface area contributed by atoms with Crippen molar-refractivity contribution in [3.8, 4) is 0 Å². The maximum absolute atomic E-state index is 13.5. The highest BCUT2D eigenvalue weighted by molar-refractivity contribution is 5.77. The van der Waals surface area contributed by atoms with E-state index in [1.807, 2.05) is 6.08 Å². The van der Waals surface area contributed by atoms with Crippen LogP contribution in [0.2, 0.25) is 0 Å². The summed E-state index contributed by atoms with van der Waals surface area (Å²) in [7, 11) is 0. The topological polar surface area (TPSA) is 373 Å². The lowest BCUT2D eigenvalue weighted by Gasteiger charge is -2.50. The van der Waals surface area contributed by atoms with Crippen LogP contribution in [0.4, 0.5) is 0 Å². The number of ether oxygens (including phenoxy) is 6. The number of unbranched alkanes of at least 4 members (excludes halogenated alkanes) is 42. The molecule has 0 aromatic carbocycles. The lowest BCUT2D eigenvalue weighted by molar-refractivity contribution is -0.386. The van der Waals surface area contributed by atoms with Crippen LogP contribution in [0, 0.1) is 0 Å². The number of aliphatic hydroxyl groups excluding tert-OH is 11.